The van der Waals surface area contributed by atoms with Gasteiger partial charge in [0.1, 0.15) is 5.78 Å². The molecule has 1 amide bonds. The van der Waals surface area contributed by atoms with Crippen LogP contribution in [0.25, 0.3) is 0 Å². The molecule has 9 nitrogen and oxygen atoms in total. The van der Waals surface area contributed by atoms with Gasteiger partial charge >= 0.3 is 7.82 Å². The van der Waals surface area contributed by atoms with Gasteiger partial charge in [0, 0.05) is 25.3 Å². The molecular formula is C30H56NO8PS. The summed E-state index contributed by atoms with van der Waals surface area (Å²) in [7, 11) is -4.42. The third-order valence-electron chi connectivity index (χ3n) is 7.54. The monoisotopic (exact) mass is 621 g/mol. The molecular weight excluding hydrogens is 565 g/mol. The number of ketones is 1. The summed E-state index contributed by atoms with van der Waals surface area (Å²) in [6, 6.07) is -0.223. The molecule has 2 unspecified atom stereocenters. The summed E-state index contributed by atoms with van der Waals surface area (Å²) in [5, 5.41) is 0.520. The number of hydrogen-bond donors (Lipinski definition) is 1. The number of phosphoric acid groups is 1. The van der Waals surface area contributed by atoms with E-state index < -0.39 is 13.9 Å². The van der Waals surface area contributed by atoms with Crippen LogP contribution in [0.5, 0.6) is 0 Å². The Bertz CT molecular complexity index is 854. The second-order valence-corrected chi connectivity index (χ2v) is 16.0. The van der Waals surface area contributed by atoms with Crippen molar-refractivity contribution in [2.24, 2.45) is 17.8 Å². The van der Waals surface area contributed by atoms with Crippen molar-refractivity contribution in [2.75, 3.05) is 25.5 Å². The first-order valence-electron chi connectivity index (χ1n) is 15.5. The van der Waals surface area contributed by atoms with Crippen LogP contribution in [0.15, 0.2) is 0 Å². The average molecular weight is 622 g/mol. The van der Waals surface area contributed by atoms with Crippen molar-refractivity contribution in [1.82, 2.24) is 4.90 Å². The smallest absolute Gasteiger partial charge is 0.377 e. The minimum Gasteiger partial charge on any atom is -0.377 e. The molecule has 1 aliphatic carbocycles. The summed E-state index contributed by atoms with van der Waals surface area (Å²) in [4.78, 5) is 38.5. The average Bonchev–Trinajstić information content (AvgIpc) is 3.45. The normalized spacial score (nSPS) is 26.6. The molecule has 1 heterocycles. The highest BCUT2D eigenvalue weighted by atomic mass is 32.2. The third kappa shape index (κ3) is 13.8. The van der Waals surface area contributed by atoms with Crippen LogP contribution >= 0.6 is 19.6 Å². The van der Waals surface area contributed by atoms with Gasteiger partial charge in [0.2, 0.25) is 5.91 Å². The molecule has 240 valence electrons. The van der Waals surface area contributed by atoms with Gasteiger partial charge < -0.3 is 19.3 Å². The van der Waals surface area contributed by atoms with E-state index in [1.807, 2.05) is 39.5 Å². The molecule has 1 saturated carbocycles. The van der Waals surface area contributed by atoms with Gasteiger partial charge in [-0.15, -0.1) is 0 Å². The Labute approximate surface area is 252 Å². The fourth-order valence-corrected chi connectivity index (χ4v) is 7.33. The quantitative estimate of drug-likeness (QED) is 0.132. The van der Waals surface area contributed by atoms with Crippen molar-refractivity contribution in [3.8, 4) is 0 Å². The number of ether oxygens (including phenoxy) is 2. The highest BCUT2D eigenvalue weighted by Gasteiger charge is 2.43. The predicted molar refractivity (Wildman–Crippen MR) is 164 cm³/mol. The van der Waals surface area contributed by atoms with Crippen molar-refractivity contribution in [3.05, 3.63) is 0 Å². The van der Waals surface area contributed by atoms with Crippen molar-refractivity contribution in [1.29, 1.82) is 0 Å². The number of nitrogens with zero attached hydrogens (tertiary/aromatic N) is 1. The van der Waals surface area contributed by atoms with Crippen LogP contribution in [-0.4, -0.2) is 82.7 Å². The van der Waals surface area contributed by atoms with Crippen LogP contribution in [0.2, 0.25) is 0 Å². The number of hydrogen-bond acceptors (Lipinski definition) is 8. The molecule has 0 spiro atoms. The summed E-state index contributed by atoms with van der Waals surface area (Å²) < 4.78 is 36.0. The highest BCUT2D eigenvalue weighted by Crippen LogP contribution is 2.48. The van der Waals surface area contributed by atoms with E-state index in [1.165, 1.54) is 0 Å². The minimum atomic E-state index is -4.42. The van der Waals surface area contributed by atoms with Gasteiger partial charge in [-0.3, -0.25) is 18.6 Å². The molecule has 2 fully saturated rings. The van der Waals surface area contributed by atoms with Crippen LogP contribution in [0.1, 0.15) is 100 Å². The molecule has 2 rings (SSSR count). The lowest BCUT2D eigenvalue weighted by molar-refractivity contribution is -0.133. The van der Waals surface area contributed by atoms with Gasteiger partial charge in [0.05, 0.1) is 43.7 Å². The maximum atomic E-state index is 13.1. The van der Waals surface area contributed by atoms with E-state index in [2.05, 4.69) is 27.7 Å². The fraction of sp³-hybridized carbons (Fsp3) is 0.933. The van der Waals surface area contributed by atoms with E-state index in [1.54, 1.807) is 4.90 Å². The molecule has 0 aromatic heterocycles. The number of thioether (sulfide) groups is 1. The van der Waals surface area contributed by atoms with E-state index in [9.17, 15) is 19.0 Å². The number of Topliss-reactive ketones (excluding diaryl/α,β-unsaturated/α-hetero) is 1. The van der Waals surface area contributed by atoms with Crippen LogP contribution in [0.3, 0.4) is 0 Å². The summed E-state index contributed by atoms with van der Waals surface area (Å²) in [5.74, 6) is 1.05. The standard InChI is InChI=1S/C30H56NO8PS/c1-20(2)11-12-29(32)28-16-26(38-22(5)6)14-24(28)18-37-40(34,35)39-27-15-25(19-36-21(3)4)31(17-27)30(33)10-9-13-41-23(7)8/h20-28H,9-19H2,1-8H3,(H,34,35)/t24-,25-,26+,27+,28?/m0/s1. The zero-order valence-electron chi connectivity index (χ0n) is 26.6. The lowest BCUT2D eigenvalue weighted by Crippen LogP contribution is -2.39. The molecule has 41 heavy (non-hydrogen) atoms. The van der Waals surface area contributed by atoms with Crippen molar-refractivity contribution in [2.45, 2.75) is 136 Å². The molecule has 0 aromatic rings. The number of phosphoric ester groups is 1. The topological polar surface area (TPSA) is 112 Å². The maximum Gasteiger partial charge on any atom is 0.472 e. The van der Waals surface area contributed by atoms with Gasteiger partial charge in [-0.25, -0.2) is 4.57 Å². The fourth-order valence-electron chi connectivity index (χ4n) is 5.58. The van der Waals surface area contributed by atoms with E-state index in [-0.39, 0.29) is 61.0 Å². The predicted octanol–water partition coefficient (Wildman–Crippen LogP) is 6.26. The molecule has 6 atom stereocenters. The van der Waals surface area contributed by atoms with Crippen LogP contribution < -0.4 is 0 Å². The van der Waals surface area contributed by atoms with Crippen LogP contribution in [-0.2, 0) is 32.7 Å². The Kier molecular flexibility index (Phi) is 15.9. The molecule has 1 N–H and O–H groups in total. The SMILES string of the molecule is CC(C)CCC(=O)C1C[C@H](OC(C)C)C[C@H]1COP(=O)(O)O[C@@H]1C[C@@H](COC(C)C)N(C(=O)CCCSC(C)C)C1. The van der Waals surface area contributed by atoms with Crippen LogP contribution in [0, 0.1) is 17.8 Å². The number of carbonyl (C=O) groups excluding carboxylic acids is 2. The second-order valence-electron chi connectivity index (χ2n) is 12.9. The minimum absolute atomic E-state index is 0.00717. The van der Waals surface area contributed by atoms with Gasteiger partial charge in [-0.05, 0) is 82.6 Å². The van der Waals surface area contributed by atoms with Crippen molar-refractivity contribution < 1.29 is 37.6 Å². The molecule has 0 aromatic carbocycles. The molecule has 11 heteroatoms. The Hall–Kier alpha value is -0.480. The number of likely N-dealkylation sites (tertiary alicyclic amines) is 1. The van der Waals surface area contributed by atoms with Gasteiger partial charge in [0.25, 0.3) is 0 Å². The highest BCUT2D eigenvalue weighted by molar-refractivity contribution is 7.99. The first kappa shape index (κ1) is 36.7. The number of rotatable bonds is 19. The molecule has 0 radical (unpaired) electrons. The van der Waals surface area contributed by atoms with Gasteiger partial charge in [-0.1, -0.05) is 27.7 Å². The number of amides is 1. The summed E-state index contributed by atoms with van der Waals surface area (Å²) in [6.45, 7) is 16.8. The summed E-state index contributed by atoms with van der Waals surface area (Å²) >= 11 is 1.83. The van der Waals surface area contributed by atoms with Crippen molar-refractivity contribution >= 4 is 31.3 Å². The lowest BCUT2D eigenvalue weighted by atomic mass is 9.89. The Morgan fingerprint density at radius 2 is 1.66 bits per heavy atom. The van der Waals surface area contributed by atoms with Gasteiger partial charge in [0.15, 0.2) is 0 Å². The second kappa shape index (κ2) is 17.7. The molecule has 2 aliphatic rings. The molecule has 0 bridgehead atoms. The van der Waals surface area contributed by atoms with E-state index in [4.69, 9.17) is 18.5 Å². The van der Waals surface area contributed by atoms with E-state index in [0.717, 1.165) is 18.6 Å². The van der Waals surface area contributed by atoms with Crippen LogP contribution in [0.4, 0.5) is 0 Å². The molecule has 1 aliphatic heterocycles. The Morgan fingerprint density at radius 3 is 2.27 bits per heavy atom. The lowest BCUT2D eigenvalue weighted by Gasteiger charge is -2.25. The first-order valence-corrected chi connectivity index (χ1v) is 18.1. The first-order chi connectivity index (χ1) is 19.2. The Balaban J connectivity index is 1.98. The van der Waals surface area contributed by atoms with E-state index >= 15 is 0 Å². The number of carbonyl (C=O) groups is 2. The molecule has 1 saturated heterocycles. The third-order valence-corrected chi connectivity index (χ3v) is 9.77. The zero-order chi connectivity index (χ0) is 30.7. The Morgan fingerprint density at radius 1 is 0.951 bits per heavy atom. The van der Waals surface area contributed by atoms with Crippen molar-refractivity contribution in [3.63, 3.8) is 0 Å². The van der Waals surface area contributed by atoms with Gasteiger partial charge in [-0.2, -0.15) is 11.8 Å². The largest absolute Gasteiger partial charge is 0.472 e. The maximum absolute atomic E-state index is 13.1. The summed E-state index contributed by atoms with van der Waals surface area (Å²) in [5.41, 5.74) is 0. The zero-order valence-corrected chi connectivity index (χ0v) is 28.3. The van der Waals surface area contributed by atoms with E-state index in [0.29, 0.717) is 49.9 Å². The summed E-state index contributed by atoms with van der Waals surface area (Å²) in [6.07, 6.45) is 3.44.